The monoisotopic (exact) mass is 231 g/mol. The van der Waals surface area contributed by atoms with Crippen molar-refractivity contribution in [1.29, 1.82) is 0 Å². The summed E-state index contributed by atoms with van der Waals surface area (Å²) in [6.45, 7) is 6.45. The number of piperidine rings is 1. The predicted molar refractivity (Wildman–Crippen MR) is 64.9 cm³/mol. The first-order valence-corrected chi connectivity index (χ1v) is 6.13. The molecule has 0 amide bonds. The molecule has 2 atom stereocenters. The van der Waals surface area contributed by atoms with Gasteiger partial charge in [-0.15, -0.1) is 0 Å². The van der Waals surface area contributed by atoms with Gasteiger partial charge in [0, 0.05) is 18.2 Å². The van der Waals surface area contributed by atoms with E-state index in [2.05, 4.69) is 33.4 Å². The van der Waals surface area contributed by atoms with Gasteiger partial charge >= 0.3 is 0 Å². The Kier molecular flexibility index (Phi) is 2.55. The Morgan fingerprint density at radius 2 is 2.35 bits per heavy atom. The van der Waals surface area contributed by atoms with E-state index in [1.165, 1.54) is 12.1 Å². The van der Waals surface area contributed by atoms with Crippen LogP contribution in [0.4, 0.5) is 0 Å². The summed E-state index contributed by atoms with van der Waals surface area (Å²) >= 11 is 0. The number of rotatable bonds is 1. The van der Waals surface area contributed by atoms with Gasteiger partial charge in [0.15, 0.2) is 0 Å². The van der Waals surface area contributed by atoms with Crippen LogP contribution in [0.2, 0.25) is 0 Å². The van der Waals surface area contributed by atoms with Crippen molar-refractivity contribution in [1.82, 2.24) is 24.9 Å². The van der Waals surface area contributed by atoms with E-state index < -0.39 is 0 Å². The second-order valence-corrected chi connectivity index (χ2v) is 4.87. The molecule has 3 rings (SSSR count). The maximum Gasteiger partial charge on any atom is 0.252 e. The molecule has 0 saturated carbocycles. The van der Waals surface area contributed by atoms with Gasteiger partial charge in [-0.3, -0.25) is 0 Å². The molecule has 90 valence electrons. The number of aryl methyl sites for hydroxylation is 1. The van der Waals surface area contributed by atoms with Crippen LogP contribution in [0.1, 0.15) is 30.7 Å². The van der Waals surface area contributed by atoms with Gasteiger partial charge in [-0.05, 0) is 31.9 Å². The highest BCUT2D eigenvalue weighted by molar-refractivity contribution is 5.31. The molecule has 0 bridgehead atoms. The smallest absolute Gasteiger partial charge is 0.252 e. The van der Waals surface area contributed by atoms with E-state index in [4.69, 9.17) is 0 Å². The molecule has 1 N–H and O–H groups in total. The van der Waals surface area contributed by atoms with Crippen LogP contribution in [0.15, 0.2) is 12.4 Å². The normalized spacial score (nSPS) is 25.3. The van der Waals surface area contributed by atoms with Crippen molar-refractivity contribution in [2.45, 2.75) is 26.2 Å². The summed E-state index contributed by atoms with van der Waals surface area (Å²) in [7, 11) is 0. The topological polar surface area (TPSA) is 55.1 Å². The standard InChI is InChI=1S/C12H17N5/c1-8-3-4-13-6-10(8)11-5-9(2)16-12-14-7-15-17(11)12/h5,7-8,10,13H,3-4,6H2,1-2H3/t8?,10-/m1/s1. The molecule has 0 spiro atoms. The van der Waals surface area contributed by atoms with E-state index in [0.29, 0.717) is 17.6 Å². The second kappa shape index (κ2) is 4.07. The van der Waals surface area contributed by atoms with Gasteiger partial charge in [0.05, 0.1) is 5.69 Å². The van der Waals surface area contributed by atoms with Gasteiger partial charge in [-0.2, -0.15) is 10.1 Å². The molecule has 1 fully saturated rings. The quantitative estimate of drug-likeness (QED) is 0.799. The first-order valence-electron chi connectivity index (χ1n) is 6.13. The van der Waals surface area contributed by atoms with Crippen molar-refractivity contribution in [3.63, 3.8) is 0 Å². The lowest BCUT2D eigenvalue weighted by molar-refractivity contribution is 0.338. The Hall–Kier alpha value is -1.49. The number of fused-ring (bicyclic) bond motifs is 1. The minimum atomic E-state index is 0.495. The molecule has 1 saturated heterocycles. The summed E-state index contributed by atoms with van der Waals surface area (Å²) in [5.41, 5.74) is 2.24. The van der Waals surface area contributed by atoms with Crippen LogP contribution in [0.5, 0.6) is 0 Å². The van der Waals surface area contributed by atoms with Crippen molar-refractivity contribution in [3.05, 3.63) is 23.8 Å². The lowest BCUT2D eigenvalue weighted by Gasteiger charge is -2.29. The van der Waals surface area contributed by atoms with Crippen LogP contribution in [0, 0.1) is 12.8 Å². The van der Waals surface area contributed by atoms with Crippen LogP contribution in [0.25, 0.3) is 5.78 Å². The van der Waals surface area contributed by atoms with Gasteiger partial charge in [0.25, 0.3) is 5.78 Å². The van der Waals surface area contributed by atoms with Gasteiger partial charge in [-0.25, -0.2) is 9.50 Å². The maximum atomic E-state index is 4.39. The molecule has 5 nitrogen and oxygen atoms in total. The predicted octanol–water partition coefficient (Wildman–Crippen LogP) is 1.15. The number of hydrogen-bond acceptors (Lipinski definition) is 4. The first-order chi connectivity index (χ1) is 8.25. The van der Waals surface area contributed by atoms with E-state index in [1.807, 2.05) is 11.4 Å². The SMILES string of the molecule is Cc1cc([C@@H]2CNCCC2C)n2ncnc2n1. The molecule has 0 aromatic carbocycles. The number of nitrogens with zero attached hydrogens (tertiary/aromatic N) is 4. The Morgan fingerprint density at radius 1 is 1.47 bits per heavy atom. The minimum Gasteiger partial charge on any atom is -0.316 e. The molecule has 0 radical (unpaired) electrons. The van der Waals surface area contributed by atoms with Crippen molar-refractivity contribution in [3.8, 4) is 0 Å². The lowest BCUT2D eigenvalue weighted by atomic mass is 9.85. The van der Waals surface area contributed by atoms with Crippen LogP contribution in [-0.2, 0) is 0 Å². The van der Waals surface area contributed by atoms with Crippen LogP contribution >= 0.6 is 0 Å². The molecule has 5 heteroatoms. The third-order valence-electron chi connectivity index (χ3n) is 3.61. The number of nitrogens with one attached hydrogen (secondary N) is 1. The molecule has 2 aromatic heterocycles. The van der Waals surface area contributed by atoms with Crippen LogP contribution < -0.4 is 5.32 Å². The van der Waals surface area contributed by atoms with E-state index in [-0.39, 0.29) is 0 Å². The molecule has 1 aliphatic rings. The Bertz CT molecular complexity index is 533. The molecule has 1 aliphatic heterocycles. The van der Waals surface area contributed by atoms with E-state index in [9.17, 15) is 0 Å². The van der Waals surface area contributed by atoms with Crippen molar-refractivity contribution >= 4 is 5.78 Å². The van der Waals surface area contributed by atoms with Crippen LogP contribution in [-0.4, -0.2) is 32.7 Å². The van der Waals surface area contributed by atoms with Crippen molar-refractivity contribution < 1.29 is 0 Å². The third-order valence-corrected chi connectivity index (χ3v) is 3.61. The number of hydrogen-bond donors (Lipinski definition) is 1. The summed E-state index contributed by atoms with van der Waals surface area (Å²) in [6, 6.07) is 2.13. The van der Waals surface area contributed by atoms with E-state index in [0.717, 1.165) is 18.8 Å². The highest BCUT2D eigenvalue weighted by Crippen LogP contribution is 2.28. The van der Waals surface area contributed by atoms with Crippen molar-refractivity contribution in [2.75, 3.05) is 13.1 Å². The molecular formula is C12H17N5. The molecule has 3 heterocycles. The van der Waals surface area contributed by atoms with Gasteiger partial charge in [-0.1, -0.05) is 6.92 Å². The Morgan fingerprint density at radius 3 is 3.18 bits per heavy atom. The molecule has 1 unspecified atom stereocenters. The summed E-state index contributed by atoms with van der Waals surface area (Å²) in [5, 5.41) is 7.74. The summed E-state index contributed by atoms with van der Waals surface area (Å²) in [4.78, 5) is 8.57. The van der Waals surface area contributed by atoms with Crippen LogP contribution in [0.3, 0.4) is 0 Å². The highest BCUT2D eigenvalue weighted by atomic mass is 15.3. The fourth-order valence-corrected chi connectivity index (χ4v) is 2.61. The molecular weight excluding hydrogens is 214 g/mol. The zero-order valence-electron chi connectivity index (χ0n) is 10.2. The van der Waals surface area contributed by atoms with E-state index in [1.54, 1.807) is 6.33 Å². The largest absolute Gasteiger partial charge is 0.316 e. The van der Waals surface area contributed by atoms with Gasteiger partial charge in [0.1, 0.15) is 6.33 Å². The van der Waals surface area contributed by atoms with E-state index >= 15 is 0 Å². The average Bonchev–Trinajstić information content (AvgIpc) is 2.76. The second-order valence-electron chi connectivity index (χ2n) is 4.87. The summed E-state index contributed by atoms with van der Waals surface area (Å²) in [5.74, 6) is 1.87. The van der Waals surface area contributed by atoms with Gasteiger partial charge in [0.2, 0.25) is 0 Å². The summed E-state index contributed by atoms with van der Waals surface area (Å²) < 4.78 is 1.88. The fourth-order valence-electron chi connectivity index (χ4n) is 2.61. The molecule has 0 aliphatic carbocycles. The first kappa shape index (κ1) is 10.7. The number of aromatic nitrogens is 4. The third kappa shape index (κ3) is 1.80. The Labute approximate surface area is 100 Å². The van der Waals surface area contributed by atoms with Crippen molar-refractivity contribution in [2.24, 2.45) is 5.92 Å². The lowest BCUT2D eigenvalue weighted by Crippen LogP contribution is -2.35. The zero-order valence-corrected chi connectivity index (χ0v) is 10.2. The molecule has 17 heavy (non-hydrogen) atoms. The molecule has 2 aromatic rings. The fraction of sp³-hybridized carbons (Fsp3) is 0.583. The van der Waals surface area contributed by atoms with Gasteiger partial charge < -0.3 is 5.32 Å². The Balaban J connectivity index is 2.11. The maximum absolute atomic E-state index is 4.39. The highest BCUT2D eigenvalue weighted by Gasteiger charge is 2.25. The summed E-state index contributed by atoms with van der Waals surface area (Å²) in [6.07, 6.45) is 2.79. The minimum absolute atomic E-state index is 0.495. The zero-order chi connectivity index (χ0) is 11.8. The average molecular weight is 231 g/mol.